The highest BCUT2D eigenvalue weighted by molar-refractivity contribution is 7.22. The average molecular weight is 603 g/mol. The van der Waals surface area contributed by atoms with E-state index in [9.17, 15) is 14.7 Å². The van der Waals surface area contributed by atoms with E-state index >= 15 is 0 Å². The minimum Gasteiger partial charge on any atom is -0.507 e. The van der Waals surface area contributed by atoms with Crippen LogP contribution in [0.2, 0.25) is 0 Å². The minimum absolute atomic E-state index is 0.0204. The Balaban J connectivity index is 1.32. The molecule has 1 N–H and O–H groups in total. The predicted molar refractivity (Wildman–Crippen MR) is 171 cm³/mol. The van der Waals surface area contributed by atoms with Crippen LogP contribution in [0.15, 0.2) is 90.5 Å². The van der Waals surface area contributed by atoms with Crippen LogP contribution in [0.25, 0.3) is 16.0 Å². The van der Waals surface area contributed by atoms with Crippen LogP contribution >= 0.6 is 11.3 Å². The summed E-state index contributed by atoms with van der Waals surface area (Å²) in [6.07, 6.45) is 0.727. The topological polar surface area (TPSA) is 89.0 Å². The van der Waals surface area contributed by atoms with Crippen LogP contribution in [0.1, 0.15) is 46.3 Å². The molecule has 0 unspecified atom stereocenters. The fourth-order valence-electron chi connectivity index (χ4n) is 6.02. The molecule has 1 amide bonds. The molecule has 1 saturated heterocycles. The predicted octanol–water partition coefficient (Wildman–Crippen LogP) is 7.44. The third kappa shape index (κ3) is 4.91. The lowest BCUT2D eigenvalue weighted by atomic mass is 9.94. The number of benzene rings is 4. The number of aromatic nitrogens is 1. The highest BCUT2D eigenvalue weighted by Gasteiger charge is 2.48. The van der Waals surface area contributed by atoms with E-state index in [-0.39, 0.29) is 17.4 Å². The summed E-state index contributed by atoms with van der Waals surface area (Å²) in [4.78, 5) is 33.8. The number of rotatable bonds is 6. The molecule has 5 aromatic rings. The number of hydrogen-bond acceptors (Lipinski definition) is 7. The number of hydrogen-bond donors (Lipinski definition) is 1. The monoisotopic (exact) mass is 602 g/mol. The SMILES string of the molecule is Cc1cc(C)c2nc(N3C(=O)C(=O)C(=C(O)c4ccc5c(c4)C[C@H](C)O5)[C@H]3c3ccc(OCc4ccccc4)cc3)sc2c1. The number of ether oxygens (including phenoxy) is 2. The van der Waals surface area contributed by atoms with Crippen molar-refractivity contribution in [2.24, 2.45) is 0 Å². The van der Waals surface area contributed by atoms with Crippen LogP contribution in [-0.2, 0) is 22.6 Å². The van der Waals surface area contributed by atoms with Gasteiger partial charge in [0, 0.05) is 12.0 Å². The van der Waals surface area contributed by atoms with E-state index in [4.69, 9.17) is 14.5 Å². The van der Waals surface area contributed by atoms with Crippen LogP contribution in [0.5, 0.6) is 11.5 Å². The van der Waals surface area contributed by atoms with Gasteiger partial charge in [0.2, 0.25) is 0 Å². The molecule has 2 aliphatic heterocycles. The summed E-state index contributed by atoms with van der Waals surface area (Å²) >= 11 is 1.36. The van der Waals surface area contributed by atoms with Gasteiger partial charge in [-0.2, -0.15) is 0 Å². The zero-order valence-corrected chi connectivity index (χ0v) is 25.4. The molecule has 44 heavy (non-hydrogen) atoms. The molecule has 0 radical (unpaired) electrons. The van der Waals surface area contributed by atoms with Gasteiger partial charge < -0.3 is 14.6 Å². The van der Waals surface area contributed by atoms with E-state index in [2.05, 4.69) is 0 Å². The molecule has 1 fully saturated rings. The molecule has 2 atom stereocenters. The normalized spacial score (nSPS) is 18.9. The fourth-order valence-corrected chi connectivity index (χ4v) is 7.19. The number of anilines is 1. The third-order valence-corrected chi connectivity index (χ3v) is 9.08. The summed E-state index contributed by atoms with van der Waals surface area (Å²) in [5, 5.41) is 12.1. The van der Waals surface area contributed by atoms with E-state index < -0.39 is 17.7 Å². The lowest BCUT2D eigenvalue weighted by molar-refractivity contribution is -0.132. The zero-order chi connectivity index (χ0) is 30.5. The molecule has 1 aromatic heterocycles. The number of fused-ring (bicyclic) bond motifs is 2. The van der Waals surface area contributed by atoms with Crippen molar-refractivity contribution in [3.63, 3.8) is 0 Å². The van der Waals surface area contributed by atoms with Crippen molar-refractivity contribution in [2.45, 2.75) is 45.9 Å². The fraction of sp³-hybridized carbons (Fsp3) is 0.194. The number of carbonyl (C=O) groups is 2. The first-order valence-electron chi connectivity index (χ1n) is 14.5. The molecular formula is C36H30N2O5S. The molecule has 7 rings (SSSR count). The second-order valence-electron chi connectivity index (χ2n) is 11.4. The van der Waals surface area contributed by atoms with E-state index in [0.29, 0.717) is 35.0 Å². The van der Waals surface area contributed by atoms with Gasteiger partial charge in [0.25, 0.3) is 5.78 Å². The maximum atomic E-state index is 13.8. The Morgan fingerprint density at radius 1 is 1.02 bits per heavy atom. The second kappa shape index (κ2) is 11.0. The van der Waals surface area contributed by atoms with Gasteiger partial charge in [-0.05, 0) is 85.0 Å². The van der Waals surface area contributed by atoms with Gasteiger partial charge in [0.15, 0.2) is 5.13 Å². The molecule has 0 bridgehead atoms. The summed E-state index contributed by atoms with van der Waals surface area (Å²) in [7, 11) is 0. The maximum absolute atomic E-state index is 13.8. The van der Waals surface area contributed by atoms with E-state index in [1.165, 1.54) is 16.2 Å². The Hall–Kier alpha value is -4.95. The van der Waals surface area contributed by atoms with Crippen molar-refractivity contribution >= 4 is 44.1 Å². The van der Waals surface area contributed by atoms with Crippen LogP contribution in [0, 0.1) is 13.8 Å². The Labute approximate surface area is 259 Å². The quantitative estimate of drug-likeness (QED) is 0.123. The molecule has 2 aliphatic rings. The van der Waals surface area contributed by atoms with Crippen molar-refractivity contribution in [2.75, 3.05) is 4.90 Å². The summed E-state index contributed by atoms with van der Waals surface area (Å²) < 4.78 is 12.7. The largest absolute Gasteiger partial charge is 0.507 e. The number of aliphatic hydroxyl groups is 1. The molecule has 7 nitrogen and oxygen atoms in total. The number of Topliss-reactive ketones (excluding diaryl/α,β-unsaturated/α-hetero) is 1. The first-order chi connectivity index (χ1) is 21.3. The third-order valence-electron chi connectivity index (χ3n) is 8.08. The summed E-state index contributed by atoms with van der Waals surface area (Å²) in [6.45, 7) is 6.39. The Morgan fingerprint density at radius 2 is 1.80 bits per heavy atom. The van der Waals surface area contributed by atoms with E-state index in [0.717, 1.165) is 38.2 Å². The van der Waals surface area contributed by atoms with Crippen LogP contribution in [0.3, 0.4) is 0 Å². The van der Waals surface area contributed by atoms with Crippen LogP contribution in [0.4, 0.5) is 5.13 Å². The van der Waals surface area contributed by atoms with Crippen molar-refractivity contribution < 1.29 is 24.2 Å². The molecule has 0 spiro atoms. The standard InChI is InChI=1S/C36H30N2O5S/c1-20-15-21(2)31-29(16-20)44-36(37-31)38-32(24-9-12-27(13-10-24)42-19-23-7-5-4-6-8-23)30(34(40)35(38)41)33(39)25-11-14-28-26(18-25)17-22(3)43-28/h4-16,18,22,32,39H,17,19H2,1-3H3/t22-,32+/m0/s1. The van der Waals surface area contributed by atoms with Gasteiger partial charge in [-0.25, -0.2) is 4.98 Å². The minimum atomic E-state index is -0.886. The zero-order valence-electron chi connectivity index (χ0n) is 24.5. The number of aliphatic hydroxyl groups excluding tert-OH is 1. The lowest BCUT2D eigenvalue weighted by Gasteiger charge is -2.23. The van der Waals surface area contributed by atoms with Crippen molar-refractivity contribution in [1.82, 2.24) is 4.98 Å². The molecular weight excluding hydrogens is 572 g/mol. The highest BCUT2D eigenvalue weighted by Crippen LogP contribution is 2.45. The van der Waals surface area contributed by atoms with E-state index in [1.54, 1.807) is 12.1 Å². The smallest absolute Gasteiger partial charge is 0.301 e. The first kappa shape index (κ1) is 27.9. The molecule has 220 valence electrons. The number of thiazole rings is 1. The number of carbonyl (C=O) groups excluding carboxylic acids is 2. The summed E-state index contributed by atoms with van der Waals surface area (Å²) in [5.41, 5.74) is 5.99. The highest BCUT2D eigenvalue weighted by atomic mass is 32.1. The number of ketones is 1. The summed E-state index contributed by atoms with van der Waals surface area (Å²) in [6, 6.07) is 25.7. The van der Waals surface area contributed by atoms with Gasteiger partial charge in [-0.15, -0.1) is 0 Å². The van der Waals surface area contributed by atoms with Gasteiger partial charge >= 0.3 is 5.91 Å². The lowest BCUT2D eigenvalue weighted by Crippen LogP contribution is -2.29. The molecule has 8 heteroatoms. The van der Waals surface area contributed by atoms with Gasteiger partial charge in [-0.3, -0.25) is 14.5 Å². The van der Waals surface area contributed by atoms with Crippen molar-refractivity contribution in [3.05, 3.63) is 124 Å². The van der Waals surface area contributed by atoms with Crippen LogP contribution in [-0.4, -0.2) is 27.9 Å². The van der Waals surface area contributed by atoms with E-state index in [1.807, 2.05) is 93.6 Å². The molecule has 4 aromatic carbocycles. The number of amides is 1. The van der Waals surface area contributed by atoms with Crippen LogP contribution < -0.4 is 14.4 Å². The maximum Gasteiger partial charge on any atom is 0.301 e. The number of aryl methyl sites for hydroxylation is 2. The molecule has 0 saturated carbocycles. The average Bonchev–Trinajstić information content (AvgIpc) is 3.69. The number of nitrogens with zero attached hydrogens (tertiary/aromatic N) is 2. The Bertz CT molecular complexity index is 1960. The molecule has 3 heterocycles. The van der Waals surface area contributed by atoms with Gasteiger partial charge in [-0.1, -0.05) is 59.9 Å². The summed E-state index contributed by atoms with van der Waals surface area (Å²) in [5.74, 6) is -0.303. The Kier molecular flexibility index (Phi) is 6.94. The van der Waals surface area contributed by atoms with Crippen molar-refractivity contribution in [1.29, 1.82) is 0 Å². The van der Waals surface area contributed by atoms with Crippen molar-refractivity contribution in [3.8, 4) is 11.5 Å². The van der Waals surface area contributed by atoms with Gasteiger partial charge in [0.1, 0.15) is 30.0 Å². The molecule has 0 aliphatic carbocycles. The second-order valence-corrected chi connectivity index (χ2v) is 12.4. The van der Waals surface area contributed by atoms with Gasteiger partial charge in [0.05, 0.1) is 21.8 Å². The first-order valence-corrected chi connectivity index (χ1v) is 15.3. The Morgan fingerprint density at radius 3 is 2.57 bits per heavy atom.